The average molecular weight is 324 g/mol. The van der Waals surface area contributed by atoms with E-state index >= 15 is 0 Å². The van der Waals surface area contributed by atoms with E-state index in [0.29, 0.717) is 0 Å². The molecule has 0 aliphatic heterocycles. The molecule has 0 atom stereocenters. The zero-order chi connectivity index (χ0) is 15.2. The number of ether oxygens (including phenoxy) is 1. The van der Waals surface area contributed by atoms with Crippen LogP contribution < -0.4 is 4.74 Å². The van der Waals surface area contributed by atoms with Crippen LogP contribution >= 0.6 is 22.9 Å². The van der Waals surface area contributed by atoms with E-state index in [1.54, 1.807) is 6.07 Å². The maximum atomic E-state index is 11.0. The number of aliphatic hydroxyl groups excluding tert-OH is 1. The van der Waals surface area contributed by atoms with E-state index in [1.165, 1.54) is 29.5 Å². The van der Waals surface area contributed by atoms with Crippen molar-refractivity contribution in [1.29, 1.82) is 0 Å². The molecule has 2 rings (SSSR count). The van der Waals surface area contributed by atoms with E-state index in [1.807, 2.05) is 5.38 Å². The van der Waals surface area contributed by atoms with Crippen LogP contribution in [0.4, 0.5) is 5.69 Å². The number of thiophene rings is 1. The largest absolute Gasteiger partial charge is 0.480 e. The summed E-state index contributed by atoms with van der Waals surface area (Å²) in [5.41, 5.74) is 0.547. The Hall–Kier alpha value is -2.07. The van der Waals surface area contributed by atoms with E-state index in [9.17, 15) is 10.1 Å². The van der Waals surface area contributed by atoms with Gasteiger partial charge in [0.1, 0.15) is 13.2 Å². The minimum absolute atomic E-state index is 0.0404. The lowest BCUT2D eigenvalue weighted by atomic mass is 10.2. The first kappa shape index (κ1) is 15.3. The normalized spacial score (nSPS) is 9.81. The molecule has 0 unspecified atom stereocenters. The lowest BCUT2D eigenvalue weighted by Crippen LogP contribution is -1.99. The minimum atomic E-state index is -0.540. The molecule has 0 bridgehead atoms. The maximum absolute atomic E-state index is 11.0. The lowest BCUT2D eigenvalue weighted by molar-refractivity contribution is -0.385. The molecule has 1 aromatic heterocycles. The Kier molecular flexibility index (Phi) is 5.17. The van der Waals surface area contributed by atoms with Crippen molar-refractivity contribution in [2.75, 3.05) is 6.61 Å². The van der Waals surface area contributed by atoms with Crippen molar-refractivity contribution in [2.45, 2.75) is 6.61 Å². The molecule has 7 heteroatoms. The van der Waals surface area contributed by atoms with Gasteiger partial charge in [-0.25, -0.2) is 0 Å². The number of benzene rings is 1. The standard InChI is InChI=1S/C14H10ClNO4S/c15-11-4-1-5-12(16(18)19)14(11)20-9-13-10(3-2-7-17)6-8-21-13/h1,4-6,8,17H,7,9H2. The molecule has 1 heterocycles. The van der Waals surface area contributed by atoms with Crippen LogP contribution in [0.1, 0.15) is 10.4 Å². The number of nitro groups is 1. The van der Waals surface area contributed by atoms with Gasteiger partial charge >= 0.3 is 5.69 Å². The number of aliphatic hydroxyl groups is 1. The fourth-order valence-electron chi connectivity index (χ4n) is 1.62. The Morgan fingerprint density at radius 3 is 2.95 bits per heavy atom. The van der Waals surface area contributed by atoms with Crippen molar-refractivity contribution in [3.05, 3.63) is 55.2 Å². The number of hydrogen-bond acceptors (Lipinski definition) is 5. The third-order valence-corrected chi connectivity index (χ3v) is 3.73. The Labute approximate surface area is 129 Å². The van der Waals surface area contributed by atoms with Crippen LogP contribution in [0, 0.1) is 22.0 Å². The summed E-state index contributed by atoms with van der Waals surface area (Å²) in [5.74, 6) is 5.39. The number of para-hydroxylation sites is 1. The summed E-state index contributed by atoms with van der Waals surface area (Å²) < 4.78 is 5.50. The average Bonchev–Trinajstić information content (AvgIpc) is 2.90. The molecule has 0 aliphatic carbocycles. The number of nitrogens with zero attached hydrogens (tertiary/aromatic N) is 1. The van der Waals surface area contributed by atoms with E-state index < -0.39 is 4.92 Å². The van der Waals surface area contributed by atoms with Crippen molar-refractivity contribution in [1.82, 2.24) is 0 Å². The molecule has 1 aromatic carbocycles. The van der Waals surface area contributed by atoms with Crippen molar-refractivity contribution in [3.63, 3.8) is 0 Å². The molecule has 108 valence electrons. The van der Waals surface area contributed by atoms with Crippen LogP contribution in [0.15, 0.2) is 29.6 Å². The van der Waals surface area contributed by atoms with Gasteiger partial charge in [-0.3, -0.25) is 10.1 Å². The van der Waals surface area contributed by atoms with Crippen LogP contribution in [0.25, 0.3) is 0 Å². The molecule has 0 radical (unpaired) electrons. The van der Waals surface area contributed by atoms with E-state index in [4.69, 9.17) is 21.4 Å². The molecule has 0 aliphatic rings. The van der Waals surface area contributed by atoms with Gasteiger partial charge < -0.3 is 9.84 Å². The van der Waals surface area contributed by atoms with Crippen LogP contribution in [-0.4, -0.2) is 16.6 Å². The van der Waals surface area contributed by atoms with Gasteiger partial charge in [0.25, 0.3) is 0 Å². The molecule has 0 fully saturated rings. The first-order valence-corrected chi connectivity index (χ1v) is 7.11. The van der Waals surface area contributed by atoms with Crippen molar-refractivity contribution in [2.24, 2.45) is 0 Å². The van der Waals surface area contributed by atoms with E-state index in [2.05, 4.69) is 11.8 Å². The Balaban J connectivity index is 2.21. The SMILES string of the molecule is O=[N+]([O-])c1cccc(Cl)c1OCc1sccc1C#CCO. The van der Waals surface area contributed by atoms with E-state index in [0.717, 1.165) is 10.4 Å². The molecule has 0 spiro atoms. The summed E-state index contributed by atoms with van der Waals surface area (Å²) in [6.07, 6.45) is 0. The molecule has 0 saturated carbocycles. The highest BCUT2D eigenvalue weighted by molar-refractivity contribution is 7.10. The molecule has 2 aromatic rings. The minimum Gasteiger partial charge on any atom is -0.480 e. The van der Waals surface area contributed by atoms with Gasteiger partial charge in [0.05, 0.1) is 14.8 Å². The topological polar surface area (TPSA) is 72.6 Å². The quantitative estimate of drug-likeness (QED) is 0.532. The third-order valence-electron chi connectivity index (χ3n) is 2.54. The molecule has 21 heavy (non-hydrogen) atoms. The summed E-state index contributed by atoms with van der Waals surface area (Å²) >= 11 is 7.37. The van der Waals surface area contributed by atoms with Crippen LogP contribution in [0.3, 0.4) is 0 Å². The van der Waals surface area contributed by atoms with Crippen molar-refractivity contribution < 1.29 is 14.8 Å². The summed E-state index contributed by atoms with van der Waals surface area (Å²) in [7, 11) is 0. The van der Waals surface area contributed by atoms with E-state index in [-0.39, 0.29) is 29.7 Å². The molecular formula is C14H10ClNO4S. The van der Waals surface area contributed by atoms with Gasteiger partial charge in [0, 0.05) is 11.6 Å². The Bertz CT molecular complexity index is 717. The first-order chi connectivity index (χ1) is 10.1. The molecule has 1 N–H and O–H groups in total. The van der Waals surface area contributed by atoms with Gasteiger partial charge in [-0.15, -0.1) is 11.3 Å². The molecule has 0 saturated heterocycles. The number of hydrogen-bond donors (Lipinski definition) is 1. The number of rotatable bonds is 4. The number of halogens is 1. The van der Waals surface area contributed by atoms with Gasteiger partial charge in [-0.1, -0.05) is 29.5 Å². The van der Waals surface area contributed by atoms with Crippen molar-refractivity contribution in [3.8, 4) is 17.6 Å². The van der Waals surface area contributed by atoms with Crippen LogP contribution in [-0.2, 0) is 6.61 Å². The predicted molar refractivity (Wildman–Crippen MR) is 80.7 cm³/mol. The fourth-order valence-corrected chi connectivity index (χ4v) is 2.59. The first-order valence-electron chi connectivity index (χ1n) is 5.85. The van der Waals surface area contributed by atoms with Crippen molar-refractivity contribution >= 4 is 28.6 Å². The second-order valence-electron chi connectivity index (χ2n) is 3.85. The second-order valence-corrected chi connectivity index (χ2v) is 5.26. The van der Waals surface area contributed by atoms with Crippen LogP contribution in [0.2, 0.25) is 5.02 Å². The number of nitro benzene ring substituents is 1. The second kappa shape index (κ2) is 7.09. The molecule has 0 amide bonds. The Morgan fingerprint density at radius 1 is 1.43 bits per heavy atom. The highest BCUT2D eigenvalue weighted by Crippen LogP contribution is 2.35. The summed E-state index contributed by atoms with van der Waals surface area (Å²) in [5, 5.41) is 21.7. The smallest absolute Gasteiger partial charge is 0.312 e. The van der Waals surface area contributed by atoms with Gasteiger partial charge in [-0.2, -0.15) is 0 Å². The van der Waals surface area contributed by atoms with Gasteiger partial charge in [0.2, 0.25) is 5.75 Å². The zero-order valence-electron chi connectivity index (χ0n) is 10.7. The fraction of sp³-hybridized carbons (Fsp3) is 0.143. The highest BCUT2D eigenvalue weighted by atomic mass is 35.5. The molecular weight excluding hydrogens is 314 g/mol. The molecule has 5 nitrogen and oxygen atoms in total. The summed E-state index contributed by atoms with van der Waals surface area (Å²) in [6, 6.07) is 6.16. The maximum Gasteiger partial charge on any atom is 0.312 e. The Morgan fingerprint density at radius 2 is 2.24 bits per heavy atom. The zero-order valence-corrected chi connectivity index (χ0v) is 12.3. The van der Waals surface area contributed by atoms with Crippen LogP contribution in [0.5, 0.6) is 5.75 Å². The summed E-state index contributed by atoms with van der Waals surface area (Å²) in [6.45, 7) is -0.107. The van der Waals surface area contributed by atoms with Gasteiger partial charge in [-0.05, 0) is 17.5 Å². The van der Waals surface area contributed by atoms with Gasteiger partial charge in [0.15, 0.2) is 0 Å². The third kappa shape index (κ3) is 3.73. The predicted octanol–water partition coefficient (Wildman–Crippen LogP) is 3.23. The summed E-state index contributed by atoms with van der Waals surface area (Å²) in [4.78, 5) is 11.2. The highest BCUT2D eigenvalue weighted by Gasteiger charge is 2.18. The monoisotopic (exact) mass is 323 g/mol. The lowest BCUT2D eigenvalue weighted by Gasteiger charge is -2.07.